The minimum Gasteiger partial charge on any atom is -0.458 e. The Hall–Kier alpha value is -1.61. The molecule has 0 aromatic heterocycles. The van der Waals surface area contributed by atoms with Gasteiger partial charge in [-0.2, -0.15) is 0 Å². The fourth-order valence-corrected chi connectivity index (χ4v) is 12.9. The second-order valence-electron chi connectivity index (χ2n) is 12.6. The Morgan fingerprint density at radius 1 is 0.744 bits per heavy atom. The molecular formula is C32H59NO4Si2. The predicted molar refractivity (Wildman–Crippen MR) is 171 cm³/mol. The highest BCUT2D eigenvalue weighted by molar-refractivity contribution is 6.80. The summed E-state index contributed by atoms with van der Waals surface area (Å²) in [6.45, 7) is 19.8. The number of carbonyl (C=O) groups excluding carboxylic acids is 2. The summed E-state index contributed by atoms with van der Waals surface area (Å²) < 4.78 is 11.6. The first-order valence-electron chi connectivity index (χ1n) is 15.6. The quantitative estimate of drug-likeness (QED) is 0.139. The largest absolute Gasteiger partial charge is 0.458 e. The average Bonchev–Trinajstić information content (AvgIpc) is 2.92. The molecule has 0 atom stereocenters. The van der Waals surface area contributed by atoms with E-state index in [1.807, 2.05) is 51.1 Å². The SMILES string of the molecule is CC[Si](CC)(CC)CCCC(CCC[Si](CC)(CC)CC)(NC(=O)OCc1ccccc1)C(=O)OC(C)(C)C. The van der Waals surface area contributed by atoms with Crippen LogP contribution in [0, 0.1) is 0 Å². The Morgan fingerprint density at radius 3 is 1.56 bits per heavy atom. The van der Waals surface area contributed by atoms with E-state index in [1.54, 1.807) is 0 Å². The van der Waals surface area contributed by atoms with Crippen LogP contribution in [0.3, 0.4) is 0 Å². The molecule has 0 heterocycles. The van der Waals surface area contributed by atoms with Gasteiger partial charge in [-0.25, -0.2) is 9.59 Å². The van der Waals surface area contributed by atoms with Crippen LogP contribution >= 0.6 is 0 Å². The van der Waals surface area contributed by atoms with Gasteiger partial charge in [0.05, 0.1) is 16.1 Å². The number of amides is 1. The zero-order valence-corrected chi connectivity index (χ0v) is 28.7. The van der Waals surface area contributed by atoms with Crippen LogP contribution in [0.15, 0.2) is 30.3 Å². The van der Waals surface area contributed by atoms with Crippen molar-refractivity contribution in [2.24, 2.45) is 0 Å². The molecule has 0 aliphatic carbocycles. The van der Waals surface area contributed by atoms with Crippen LogP contribution in [0.2, 0.25) is 48.4 Å². The number of esters is 1. The first-order chi connectivity index (χ1) is 18.4. The van der Waals surface area contributed by atoms with Crippen molar-refractivity contribution in [3.63, 3.8) is 0 Å². The molecule has 1 aromatic carbocycles. The number of benzene rings is 1. The van der Waals surface area contributed by atoms with Crippen LogP contribution in [0.25, 0.3) is 0 Å². The summed E-state index contributed by atoms with van der Waals surface area (Å²) in [5, 5.41) is 3.10. The second-order valence-corrected chi connectivity index (χ2v) is 23.8. The van der Waals surface area contributed by atoms with Crippen molar-refractivity contribution in [1.82, 2.24) is 5.32 Å². The topological polar surface area (TPSA) is 64.6 Å². The maximum Gasteiger partial charge on any atom is 0.408 e. The summed E-state index contributed by atoms with van der Waals surface area (Å²) in [7, 11) is -2.73. The molecule has 1 amide bonds. The molecule has 0 saturated heterocycles. The van der Waals surface area contributed by atoms with Gasteiger partial charge in [-0.1, -0.05) is 133 Å². The van der Waals surface area contributed by atoms with Gasteiger partial charge in [0.25, 0.3) is 0 Å². The maximum absolute atomic E-state index is 13.9. The molecule has 0 unspecified atom stereocenters. The molecule has 5 nitrogen and oxygen atoms in total. The van der Waals surface area contributed by atoms with Crippen molar-refractivity contribution in [1.29, 1.82) is 0 Å². The van der Waals surface area contributed by atoms with Crippen LogP contribution in [0.4, 0.5) is 4.79 Å². The van der Waals surface area contributed by atoms with Gasteiger partial charge >= 0.3 is 12.1 Å². The van der Waals surface area contributed by atoms with Crippen LogP contribution < -0.4 is 5.32 Å². The molecule has 39 heavy (non-hydrogen) atoms. The van der Waals surface area contributed by atoms with Crippen molar-refractivity contribution in [2.75, 3.05) is 0 Å². The van der Waals surface area contributed by atoms with E-state index in [9.17, 15) is 9.59 Å². The Balaban J connectivity index is 3.28. The lowest BCUT2D eigenvalue weighted by Gasteiger charge is -2.37. The van der Waals surface area contributed by atoms with Gasteiger partial charge in [0.2, 0.25) is 0 Å². The molecule has 0 aliphatic rings. The van der Waals surface area contributed by atoms with E-state index in [2.05, 4.69) is 46.9 Å². The van der Waals surface area contributed by atoms with Crippen molar-refractivity contribution in [3.8, 4) is 0 Å². The van der Waals surface area contributed by atoms with Gasteiger partial charge in [0.1, 0.15) is 17.7 Å². The van der Waals surface area contributed by atoms with E-state index >= 15 is 0 Å². The summed E-state index contributed by atoms with van der Waals surface area (Å²) >= 11 is 0. The number of alkyl carbamates (subject to hydrolysis) is 1. The van der Waals surface area contributed by atoms with E-state index in [0.717, 1.165) is 18.4 Å². The van der Waals surface area contributed by atoms with Crippen LogP contribution in [-0.4, -0.2) is 39.4 Å². The third-order valence-corrected chi connectivity index (χ3v) is 21.3. The van der Waals surface area contributed by atoms with Gasteiger partial charge in [0.15, 0.2) is 0 Å². The number of rotatable bonds is 18. The maximum atomic E-state index is 13.9. The fourth-order valence-electron chi connectivity index (χ4n) is 5.93. The summed E-state index contributed by atoms with van der Waals surface area (Å²) in [6.07, 6.45) is 2.47. The Morgan fingerprint density at radius 2 is 1.18 bits per heavy atom. The normalized spacial score (nSPS) is 12.7. The van der Waals surface area contributed by atoms with Crippen LogP contribution in [0.1, 0.15) is 93.6 Å². The number of hydrogen-bond donors (Lipinski definition) is 1. The molecule has 1 rings (SSSR count). The minimum atomic E-state index is -1.37. The highest BCUT2D eigenvalue weighted by atomic mass is 28.3. The van der Waals surface area contributed by atoms with E-state index in [-0.39, 0.29) is 12.6 Å². The third kappa shape index (κ3) is 11.4. The Bertz CT molecular complexity index is 803. The monoisotopic (exact) mass is 577 g/mol. The molecule has 0 radical (unpaired) electrons. The molecule has 1 N–H and O–H groups in total. The number of nitrogens with one attached hydrogen (secondary N) is 1. The standard InChI is InChI=1S/C32H59NO4Si2/c1-10-38(11-2,12-3)25-19-23-32(29(34)37-31(7,8)9,24-20-26-39(13-4,14-5)15-6)33-30(35)36-27-28-21-17-16-18-22-28/h16-18,21-22H,10-15,19-20,23-27H2,1-9H3,(H,33,35). The van der Waals surface area contributed by atoms with Crippen molar-refractivity contribution in [2.45, 2.75) is 154 Å². The van der Waals surface area contributed by atoms with Gasteiger partial charge in [-0.05, 0) is 39.2 Å². The summed E-state index contributed by atoms with van der Waals surface area (Å²) in [6, 6.07) is 19.5. The molecule has 224 valence electrons. The lowest BCUT2D eigenvalue weighted by atomic mass is 9.88. The minimum absolute atomic E-state index is 0.173. The number of ether oxygens (including phenoxy) is 2. The van der Waals surface area contributed by atoms with Crippen molar-refractivity contribution in [3.05, 3.63) is 35.9 Å². The van der Waals surface area contributed by atoms with Gasteiger partial charge in [-0.15, -0.1) is 0 Å². The molecule has 0 bridgehead atoms. The van der Waals surface area contributed by atoms with E-state index < -0.39 is 33.4 Å². The van der Waals surface area contributed by atoms with E-state index in [1.165, 1.54) is 48.4 Å². The highest BCUT2D eigenvalue weighted by Crippen LogP contribution is 2.34. The lowest BCUT2D eigenvalue weighted by molar-refractivity contribution is -0.164. The van der Waals surface area contributed by atoms with Crippen molar-refractivity contribution < 1.29 is 19.1 Å². The van der Waals surface area contributed by atoms with Gasteiger partial charge < -0.3 is 14.8 Å². The number of hydrogen-bond acceptors (Lipinski definition) is 4. The summed E-state index contributed by atoms with van der Waals surface area (Å²) in [5.41, 5.74) is -0.794. The first-order valence-corrected chi connectivity index (χ1v) is 21.3. The van der Waals surface area contributed by atoms with E-state index in [0.29, 0.717) is 12.8 Å². The molecule has 0 saturated carbocycles. The predicted octanol–water partition coefficient (Wildman–Crippen LogP) is 9.57. The van der Waals surface area contributed by atoms with Crippen molar-refractivity contribution >= 4 is 28.2 Å². The lowest BCUT2D eigenvalue weighted by Crippen LogP contribution is -2.57. The second kappa shape index (κ2) is 16.6. The summed E-state index contributed by atoms with van der Waals surface area (Å²) in [5.74, 6) is -0.319. The Labute approximate surface area is 242 Å². The highest BCUT2D eigenvalue weighted by Gasteiger charge is 2.44. The van der Waals surface area contributed by atoms with Gasteiger partial charge in [-0.3, -0.25) is 0 Å². The smallest absolute Gasteiger partial charge is 0.408 e. The van der Waals surface area contributed by atoms with Crippen LogP contribution in [0.5, 0.6) is 0 Å². The fraction of sp³-hybridized carbons (Fsp3) is 0.750. The molecule has 0 aliphatic heterocycles. The average molecular weight is 578 g/mol. The zero-order chi connectivity index (χ0) is 29.6. The van der Waals surface area contributed by atoms with E-state index in [4.69, 9.17) is 9.47 Å². The molecule has 7 heteroatoms. The number of carbonyl (C=O) groups is 2. The third-order valence-electron chi connectivity index (χ3n) is 9.47. The van der Waals surface area contributed by atoms with Gasteiger partial charge in [0, 0.05) is 0 Å². The van der Waals surface area contributed by atoms with Crippen LogP contribution in [-0.2, 0) is 20.9 Å². The molecule has 0 fully saturated rings. The zero-order valence-electron chi connectivity index (χ0n) is 26.7. The molecular weight excluding hydrogens is 519 g/mol. The molecule has 0 spiro atoms. The summed E-state index contributed by atoms with van der Waals surface area (Å²) in [4.78, 5) is 27.2. The molecule has 1 aromatic rings. The first kappa shape index (κ1) is 35.4. The Kier molecular flexibility index (Phi) is 15.1.